The Hall–Kier alpha value is -0.620. The van der Waals surface area contributed by atoms with Crippen molar-refractivity contribution in [1.82, 2.24) is 4.31 Å². The van der Waals surface area contributed by atoms with Gasteiger partial charge in [-0.1, -0.05) is 12.8 Å². The Bertz CT molecular complexity index is 333. The van der Waals surface area contributed by atoms with Gasteiger partial charge in [0.2, 0.25) is 10.0 Å². The van der Waals surface area contributed by atoms with Crippen molar-refractivity contribution in [2.24, 2.45) is 0 Å². The summed E-state index contributed by atoms with van der Waals surface area (Å²) in [6.45, 7) is 1.44. The van der Waals surface area contributed by atoms with E-state index in [0.29, 0.717) is 0 Å². The number of hydrogen-bond donors (Lipinski definition) is 0. The summed E-state index contributed by atoms with van der Waals surface area (Å²) in [5.74, 6) is -0.468. The van der Waals surface area contributed by atoms with Crippen molar-refractivity contribution in [3.05, 3.63) is 0 Å². The fraction of sp³-hybridized carbons (Fsp3) is 0.900. The molecule has 0 heterocycles. The molecular weight excluding hydrogens is 230 g/mol. The third-order valence-electron chi connectivity index (χ3n) is 2.97. The van der Waals surface area contributed by atoms with Gasteiger partial charge in [-0.15, -0.1) is 0 Å². The first-order valence-corrected chi connectivity index (χ1v) is 7.18. The van der Waals surface area contributed by atoms with E-state index in [2.05, 4.69) is 4.74 Å². The minimum absolute atomic E-state index is 0.0240. The molecule has 1 aliphatic rings. The van der Waals surface area contributed by atoms with Crippen LogP contribution in [0.15, 0.2) is 0 Å². The van der Waals surface area contributed by atoms with E-state index < -0.39 is 16.0 Å². The molecule has 0 N–H and O–H groups in total. The van der Waals surface area contributed by atoms with Crippen molar-refractivity contribution in [3.8, 4) is 0 Å². The maximum Gasteiger partial charge on any atom is 0.321 e. The fourth-order valence-electron chi connectivity index (χ4n) is 2.00. The highest BCUT2D eigenvalue weighted by Gasteiger charge is 2.32. The van der Waals surface area contributed by atoms with Gasteiger partial charge in [0.25, 0.3) is 0 Å². The number of carbonyl (C=O) groups excluding carboxylic acids is 1. The van der Waals surface area contributed by atoms with E-state index in [-0.39, 0.29) is 18.3 Å². The number of nitrogens with zero attached hydrogens (tertiary/aromatic N) is 1. The zero-order valence-corrected chi connectivity index (χ0v) is 10.6. The van der Waals surface area contributed by atoms with Crippen molar-refractivity contribution < 1.29 is 17.9 Å². The maximum atomic E-state index is 11.9. The monoisotopic (exact) mass is 249 g/mol. The molecule has 0 radical (unpaired) electrons. The third kappa shape index (κ3) is 3.18. The number of ether oxygens (including phenoxy) is 1. The molecule has 0 aromatic carbocycles. The van der Waals surface area contributed by atoms with Crippen molar-refractivity contribution in [3.63, 3.8) is 0 Å². The summed E-state index contributed by atoms with van der Waals surface area (Å²) in [5, 5.41) is 0. The normalized spacial score (nSPS) is 17.9. The highest BCUT2D eigenvalue weighted by molar-refractivity contribution is 7.89. The lowest BCUT2D eigenvalue weighted by molar-refractivity contribution is -0.141. The molecule has 16 heavy (non-hydrogen) atoms. The van der Waals surface area contributed by atoms with Gasteiger partial charge in [-0.2, -0.15) is 4.31 Å². The Labute approximate surface area is 96.8 Å². The SMILES string of the molecule is CCS(=O)(=O)N(CC(=O)OC)C1CCCC1. The minimum Gasteiger partial charge on any atom is -0.468 e. The fourth-order valence-corrected chi connectivity index (χ4v) is 3.30. The highest BCUT2D eigenvalue weighted by Crippen LogP contribution is 2.25. The second-order valence-corrected chi connectivity index (χ2v) is 6.17. The lowest BCUT2D eigenvalue weighted by atomic mass is 10.2. The molecule has 5 nitrogen and oxygen atoms in total. The molecule has 1 saturated carbocycles. The molecule has 0 aromatic rings. The van der Waals surface area contributed by atoms with E-state index in [1.165, 1.54) is 11.4 Å². The average Bonchev–Trinajstić information content (AvgIpc) is 2.78. The molecule has 0 bridgehead atoms. The predicted octanol–water partition coefficient (Wildman–Crippen LogP) is 0.754. The highest BCUT2D eigenvalue weighted by atomic mass is 32.2. The van der Waals surface area contributed by atoms with Gasteiger partial charge >= 0.3 is 5.97 Å². The molecule has 6 heteroatoms. The summed E-state index contributed by atoms with van der Waals surface area (Å²) in [7, 11) is -2.04. The molecule has 0 atom stereocenters. The molecule has 0 saturated heterocycles. The second-order valence-electron chi connectivity index (χ2n) is 3.96. The van der Waals surface area contributed by atoms with Crippen LogP contribution < -0.4 is 0 Å². The summed E-state index contributed by atoms with van der Waals surface area (Å²) in [5.41, 5.74) is 0. The minimum atomic E-state index is -3.32. The first-order valence-electron chi connectivity index (χ1n) is 5.57. The van der Waals surface area contributed by atoms with Crippen LogP contribution in [0.25, 0.3) is 0 Å². The molecule has 0 aromatic heterocycles. The molecular formula is C10H19NO4S. The van der Waals surface area contributed by atoms with E-state index in [4.69, 9.17) is 0 Å². The smallest absolute Gasteiger partial charge is 0.321 e. The Morgan fingerprint density at radius 1 is 1.38 bits per heavy atom. The second kappa shape index (κ2) is 5.63. The van der Waals surface area contributed by atoms with Gasteiger partial charge in [0.15, 0.2) is 0 Å². The predicted molar refractivity (Wildman–Crippen MR) is 60.4 cm³/mol. The molecule has 0 amide bonds. The number of methoxy groups -OCH3 is 1. The van der Waals surface area contributed by atoms with Crippen molar-refractivity contribution in [2.75, 3.05) is 19.4 Å². The van der Waals surface area contributed by atoms with Crippen LogP contribution in [-0.4, -0.2) is 44.1 Å². The Balaban J connectivity index is 2.80. The van der Waals surface area contributed by atoms with Gasteiger partial charge in [0, 0.05) is 6.04 Å². The van der Waals surface area contributed by atoms with Crippen LogP contribution >= 0.6 is 0 Å². The van der Waals surface area contributed by atoms with Crippen molar-refractivity contribution in [1.29, 1.82) is 0 Å². The molecule has 94 valence electrons. The van der Waals surface area contributed by atoms with Crippen LogP contribution in [0.2, 0.25) is 0 Å². The Morgan fingerprint density at radius 2 is 1.94 bits per heavy atom. The molecule has 0 unspecified atom stereocenters. The summed E-state index contributed by atoms with van der Waals surface area (Å²) in [4.78, 5) is 11.2. The molecule has 1 aliphatic carbocycles. The average molecular weight is 249 g/mol. The quantitative estimate of drug-likeness (QED) is 0.675. The number of esters is 1. The van der Waals surface area contributed by atoms with E-state index in [0.717, 1.165) is 25.7 Å². The summed E-state index contributed by atoms with van der Waals surface area (Å²) in [6, 6.07) is -0.0240. The maximum absolute atomic E-state index is 11.9. The summed E-state index contributed by atoms with van der Waals surface area (Å²) < 4.78 is 29.6. The van der Waals surface area contributed by atoms with Gasteiger partial charge in [0.05, 0.1) is 12.9 Å². The standard InChI is InChI=1S/C10H19NO4S/c1-3-16(13,14)11(8-10(12)15-2)9-6-4-5-7-9/h9H,3-8H2,1-2H3. The zero-order chi connectivity index (χ0) is 12.2. The van der Waals surface area contributed by atoms with Crippen LogP contribution in [0.5, 0.6) is 0 Å². The summed E-state index contributed by atoms with van der Waals surface area (Å²) in [6.07, 6.45) is 3.75. The lowest BCUT2D eigenvalue weighted by Gasteiger charge is -2.26. The van der Waals surface area contributed by atoms with Crippen LogP contribution in [-0.2, 0) is 19.6 Å². The number of hydrogen-bond acceptors (Lipinski definition) is 4. The van der Waals surface area contributed by atoms with Crippen molar-refractivity contribution in [2.45, 2.75) is 38.6 Å². The molecule has 1 rings (SSSR count). The van der Waals surface area contributed by atoms with Gasteiger partial charge in [-0.25, -0.2) is 8.42 Å². The van der Waals surface area contributed by atoms with Crippen LogP contribution in [0.1, 0.15) is 32.6 Å². The van der Waals surface area contributed by atoms with Crippen molar-refractivity contribution >= 4 is 16.0 Å². The van der Waals surface area contributed by atoms with Crippen LogP contribution in [0, 0.1) is 0 Å². The molecule has 0 spiro atoms. The first kappa shape index (κ1) is 13.4. The Morgan fingerprint density at radius 3 is 2.38 bits per heavy atom. The number of rotatable bonds is 5. The van der Waals surface area contributed by atoms with E-state index in [1.54, 1.807) is 6.92 Å². The van der Waals surface area contributed by atoms with Gasteiger partial charge in [-0.3, -0.25) is 4.79 Å². The van der Waals surface area contributed by atoms with E-state index in [9.17, 15) is 13.2 Å². The molecule has 0 aliphatic heterocycles. The van der Waals surface area contributed by atoms with Crippen LogP contribution in [0.3, 0.4) is 0 Å². The largest absolute Gasteiger partial charge is 0.468 e. The zero-order valence-electron chi connectivity index (χ0n) is 9.81. The Kier molecular flexibility index (Phi) is 4.73. The summed E-state index contributed by atoms with van der Waals surface area (Å²) >= 11 is 0. The lowest BCUT2D eigenvalue weighted by Crippen LogP contribution is -2.43. The van der Waals surface area contributed by atoms with Crippen LogP contribution in [0.4, 0.5) is 0 Å². The molecule has 1 fully saturated rings. The number of carbonyl (C=O) groups is 1. The topological polar surface area (TPSA) is 63.7 Å². The first-order chi connectivity index (χ1) is 7.51. The van der Waals surface area contributed by atoms with Gasteiger partial charge in [0.1, 0.15) is 6.54 Å². The van der Waals surface area contributed by atoms with Gasteiger partial charge in [-0.05, 0) is 19.8 Å². The van der Waals surface area contributed by atoms with E-state index >= 15 is 0 Å². The third-order valence-corrected chi connectivity index (χ3v) is 4.84. The van der Waals surface area contributed by atoms with Gasteiger partial charge < -0.3 is 4.74 Å². The van der Waals surface area contributed by atoms with E-state index in [1.807, 2.05) is 0 Å². The number of sulfonamides is 1.